The van der Waals surface area contributed by atoms with Crippen LogP contribution in [0.3, 0.4) is 0 Å². The summed E-state index contributed by atoms with van der Waals surface area (Å²) in [5, 5.41) is 0. The van der Waals surface area contributed by atoms with Gasteiger partial charge >= 0.3 is 5.97 Å². The Labute approximate surface area is 214 Å². The van der Waals surface area contributed by atoms with E-state index in [-0.39, 0.29) is 16.9 Å². The van der Waals surface area contributed by atoms with Crippen molar-refractivity contribution in [3.05, 3.63) is 50.8 Å². The lowest BCUT2D eigenvalue weighted by molar-refractivity contribution is -0.166. The summed E-state index contributed by atoms with van der Waals surface area (Å²) in [7, 11) is 0. The number of esters is 1. The van der Waals surface area contributed by atoms with Gasteiger partial charge in [-0.2, -0.15) is 0 Å². The third-order valence-corrected chi connectivity index (χ3v) is 7.54. The number of allylic oxidation sites excluding steroid dienone is 2. The molecule has 1 atom stereocenters. The molecule has 192 valence electrons. The van der Waals surface area contributed by atoms with Gasteiger partial charge in [0.25, 0.3) is 5.56 Å². The van der Waals surface area contributed by atoms with Gasteiger partial charge in [-0.25, -0.2) is 4.79 Å². The maximum atomic E-state index is 13.2. The van der Waals surface area contributed by atoms with E-state index in [4.69, 9.17) is 9.47 Å². The highest BCUT2D eigenvalue weighted by Gasteiger charge is 2.36. The predicted octanol–water partition coefficient (Wildman–Crippen LogP) is 7.31. The zero-order valence-corrected chi connectivity index (χ0v) is 23.4. The molecule has 0 fully saturated rings. The fraction of sp³-hybridized carbons (Fsp3) is 0.586. The molecule has 0 saturated carbocycles. The Morgan fingerprint density at radius 3 is 2.51 bits per heavy atom. The lowest BCUT2D eigenvalue weighted by Crippen LogP contribution is -2.29. The number of hydrogen-bond acceptors (Lipinski definition) is 5. The molecular weight excluding hydrogens is 458 g/mol. The van der Waals surface area contributed by atoms with Gasteiger partial charge in [-0.15, -0.1) is 11.3 Å². The van der Waals surface area contributed by atoms with Gasteiger partial charge in [-0.3, -0.25) is 4.79 Å². The molecule has 35 heavy (non-hydrogen) atoms. The van der Waals surface area contributed by atoms with Crippen LogP contribution in [0.1, 0.15) is 96.3 Å². The molecule has 1 aliphatic carbocycles. The molecule has 0 aromatic carbocycles. The summed E-state index contributed by atoms with van der Waals surface area (Å²) in [4.78, 5) is 27.8. The maximum Gasteiger partial charge on any atom is 0.340 e. The SMILES string of the molecule is CCCn1cc(-c2sc(C)c(C(OC(C)(C)C)C(=O)OCC)c2C2=CCC(C)(C)CC2)ccc1=O. The summed E-state index contributed by atoms with van der Waals surface area (Å²) in [6, 6.07) is 3.56. The molecule has 0 N–H and O–H groups in total. The van der Waals surface area contributed by atoms with Crippen molar-refractivity contribution in [2.75, 3.05) is 6.61 Å². The van der Waals surface area contributed by atoms with Crippen LogP contribution in [0.4, 0.5) is 0 Å². The summed E-state index contributed by atoms with van der Waals surface area (Å²) in [5.74, 6) is -0.358. The van der Waals surface area contributed by atoms with Crippen LogP contribution >= 0.6 is 11.3 Å². The predicted molar refractivity (Wildman–Crippen MR) is 145 cm³/mol. The summed E-state index contributed by atoms with van der Waals surface area (Å²) in [6.07, 6.45) is 7.36. The average molecular weight is 500 g/mol. The van der Waals surface area contributed by atoms with E-state index in [9.17, 15) is 9.59 Å². The van der Waals surface area contributed by atoms with Crippen LogP contribution in [0.2, 0.25) is 0 Å². The minimum Gasteiger partial charge on any atom is -0.464 e. The molecule has 6 heteroatoms. The number of rotatable bonds is 8. The second-order valence-electron chi connectivity index (χ2n) is 11.2. The van der Waals surface area contributed by atoms with Gasteiger partial charge in [0.1, 0.15) is 0 Å². The van der Waals surface area contributed by atoms with E-state index in [2.05, 4.69) is 33.8 Å². The van der Waals surface area contributed by atoms with Crippen LogP contribution in [0.15, 0.2) is 29.2 Å². The van der Waals surface area contributed by atoms with E-state index in [1.54, 1.807) is 22.0 Å². The van der Waals surface area contributed by atoms with Crippen LogP contribution < -0.4 is 5.56 Å². The standard InChI is InChI=1S/C29H41NO4S/c1-9-17-30-18-21(11-12-22(30)31)26-24(20-13-15-29(7,8)16-14-20)23(19(3)35-26)25(27(32)33-10-2)34-28(4,5)6/h11-13,18,25H,9-10,14-17H2,1-8H3. The zero-order valence-electron chi connectivity index (χ0n) is 22.6. The van der Waals surface area contributed by atoms with Crippen LogP contribution in [-0.2, 0) is 20.8 Å². The Balaban J connectivity index is 2.27. The van der Waals surface area contributed by atoms with Crippen molar-refractivity contribution < 1.29 is 14.3 Å². The van der Waals surface area contributed by atoms with E-state index < -0.39 is 11.7 Å². The first-order valence-corrected chi connectivity index (χ1v) is 13.6. The van der Waals surface area contributed by atoms with Crippen LogP contribution in [0, 0.1) is 12.3 Å². The molecule has 2 heterocycles. The van der Waals surface area contributed by atoms with Gasteiger partial charge < -0.3 is 14.0 Å². The number of aryl methyl sites for hydroxylation is 2. The Morgan fingerprint density at radius 2 is 1.94 bits per heavy atom. The fourth-order valence-electron chi connectivity index (χ4n) is 4.58. The molecule has 0 amide bonds. The molecule has 0 radical (unpaired) electrons. The molecule has 2 aromatic rings. The highest BCUT2D eigenvalue weighted by molar-refractivity contribution is 7.16. The molecule has 1 aliphatic rings. The molecule has 1 unspecified atom stereocenters. The van der Waals surface area contributed by atoms with Crippen LogP contribution in [-0.4, -0.2) is 22.7 Å². The number of carbonyl (C=O) groups is 1. The average Bonchev–Trinajstić information content (AvgIpc) is 3.10. The number of aromatic nitrogens is 1. The first kappa shape index (κ1) is 27.4. The summed E-state index contributed by atoms with van der Waals surface area (Å²) < 4.78 is 13.6. The lowest BCUT2D eigenvalue weighted by Gasteiger charge is -2.31. The topological polar surface area (TPSA) is 57.5 Å². The van der Waals surface area contributed by atoms with E-state index >= 15 is 0 Å². The van der Waals surface area contributed by atoms with E-state index in [1.807, 2.05) is 40.0 Å². The molecule has 0 saturated heterocycles. The molecule has 3 rings (SSSR count). The van der Waals surface area contributed by atoms with Crippen LogP contribution in [0.25, 0.3) is 16.0 Å². The number of hydrogen-bond donors (Lipinski definition) is 0. The second kappa shape index (κ2) is 10.8. The normalized spacial score (nSPS) is 16.6. The molecular formula is C29H41NO4S. The first-order valence-electron chi connectivity index (χ1n) is 12.7. The highest BCUT2D eigenvalue weighted by Crippen LogP contribution is 2.48. The van der Waals surface area contributed by atoms with Crippen molar-refractivity contribution in [3.8, 4) is 10.4 Å². The van der Waals surface area contributed by atoms with Gasteiger partial charge in [0, 0.05) is 45.3 Å². The Bertz CT molecular complexity index is 1150. The molecule has 0 bridgehead atoms. The first-order chi connectivity index (χ1) is 16.4. The van der Waals surface area contributed by atoms with E-state index in [0.717, 1.165) is 52.1 Å². The van der Waals surface area contributed by atoms with Gasteiger partial charge in [0.2, 0.25) is 0 Å². The van der Waals surface area contributed by atoms with Crippen molar-refractivity contribution in [3.63, 3.8) is 0 Å². The number of pyridine rings is 1. The number of thiophene rings is 1. The summed E-state index contributed by atoms with van der Waals surface area (Å²) in [6.45, 7) is 17.4. The van der Waals surface area contributed by atoms with Crippen molar-refractivity contribution >= 4 is 22.9 Å². The van der Waals surface area contributed by atoms with Gasteiger partial charge in [-0.1, -0.05) is 26.8 Å². The number of ether oxygens (including phenoxy) is 2. The van der Waals surface area contributed by atoms with Crippen molar-refractivity contribution in [2.45, 2.75) is 99.3 Å². The monoisotopic (exact) mass is 499 g/mol. The Hall–Kier alpha value is -2.18. The number of carbonyl (C=O) groups excluding carboxylic acids is 1. The highest BCUT2D eigenvalue weighted by atomic mass is 32.1. The van der Waals surface area contributed by atoms with Crippen LogP contribution in [0.5, 0.6) is 0 Å². The van der Waals surface area contributed by atoms with Gasteiger partial charge in [-0.05, 0) is 77.4 Å². The Morgan fingerprint density at radius 1 is 1.23 bits per heavy atom. The summed E-state index contributed by atoms with van der Waals surface area (Å²) in [5.41, 5.74) is 3.95. The fourth-order valence-corrected chi connectivity index (χ4v) is 5.78. The van der Waals surface area contributed by atoms with Crippen molar-refractivity contribution in [1.29, 1.82) is 0 Å². The quantitative estimate of drug-likeness (QED) is 0.357. The van der Waals surface area contributed by atoms with Gasteiger partial charge in [0.15, 0.2) is 6.10 Å². The zero-order chi connectivity index (χ0) is 26.0. The van der Waals surface area contributed by atoms with E-state index in [0.29, 0.717) is 13.2 Å². The van der Waals surface area contributed by atoms with E-state index in [1.165, 1.54) is 5.57 Å². The van der Waals surface area contributed by atoms with Crippen molar-refractivity contribution in [1.82, 2.24) is 4.57 Å². The lowest BCUT2D eigenvalue weighted by atomic mass is 9.76. The molecule has 5 nitrogen and oxygen atoms in total. The third kappa shape index (κ3) is 6.53. The second-order valence-corrected chi connectivity index (χ2v) is 12.4. The molecule has 0 spiro atoms. The Kier molecular flexibility index (Phi) is 8.48. The van der Waals surface area contributed by atoms with Gasteiger partial charge in [0.05, 0.1) is 12.2 Å². The minimum absolute atomic E-state index is 0.00440. The molecule has 2 aromatic heterocycles. The largest absolute Gasteiger partial charge is 0.464 e. The maximum absolute atomic E-state index is 13.2. The smallest absolute Gasteiger partial charge is 0.340 e. The number of nitrogens with zero attached hydrogens (tertiary/aromatic N) is 1. The molecule has 0 aliphatic heterocycles. The third-order valence-electron chi connectivity index (χ3n) is 6.37. The van der Waals surface area contributed by atoms with Crippen molar-refractivity contribution in [2.24, 2.45) is 5.41 Å². The minimum atomic E-state index is -0.813. The summed E-state index contributed by atoms with van der Waals surface area (Å²) >= 11 is 1.67.